The van der Waals surface area contributed by atoms with Gasteiger partial charge in [0.1, 0.15) is 5.84 Å². The molecule has 140 valence electrons. The van der Waals surface area contributed by atoms with Crippen LogP contribution < -0.4 is 16.4 Å². The van der Waals surface area contributed by atoms with Gasteiger partial charge in [-0.3, -0.25) is 20.3 Å². The number of hydrogen-bond donors (Lipinski definition) is 4. The van der Waals surface area contributed by atoms with Gasteiger partial charge < -0.3 is 0 Å². The number of carbonyl (C=O) groups is 1. The van der Waals surface area contributed by atoms with Crippen molar-refractivity contribution in [3.05, 3.63) is 41.5 Å². The lowest BCUT2D eigenvalue weighted by Gasteiger charge is -2.22. The average Bonchev–Trinajstić information content (AvgIpc) is 3.04. The molecule has 0 atom stereocenters. The number of amides is 1. The summed E-state index contributed by atoms with van der Waals surface area (Å²) in [6, 6.07) is 8.03. The van der Waals surface area contributed by atoms with E-state index >= 15 is 0 Å². The van der Waals surface area contributed by atoms with Gasteiger partial charge >= 0.3 is 0 Å². The van der Waals surface area contributed by atoms with Crippen LogP contribution in [0.2, 0.25) is 0 Å². The molecule has 8 heteroatoms. The molecule has 1 aromatic rings. The standard InChI is InChI=1S/C17H26N6O2.2H2/c1-3-11-23(12-10-16-18-21-22(2)19-16)13-15-6-4-14(5-7-15)8-9-17(24)20-25;;/h4-9,21,25H,3,10-13H2,1-2H3,(H,18,19)(H,20,24);2*1H/b9-8+;;. The zero-order chi connectivity index (χ0) is 18.1. The second-order valence-electron chi connectivity index (χ2n) is 5.91. The van der Waals surface area contributed by atoms with Crippen LogP contribution in [0.5, 0.6) is 0 Å². The molecule has 0 unspecified atom stereocenters. The zero-order valence-corrected chi connectivity index (χ0v) is 14.7. The number of carbonyl (C=O) groups excluding carboxylic acids is 1. The first-order chi connectivity index (χ1) is 12.1. The minimum absolute atomic E-state index is 0. The van der Waals surface area contributed by atoms with E-state index < -0.39 is 5.91 Å². The fourth-order valence-corrected chi connectivity index (χ4v) is 2.54. The summed E-state index contributed by atoms with van der Waals surface area (Å²) in [6.45, 7) is 4.99. The van der Waals surface area contributed by atoms with Crippen LogP contribution in [0.1, 0.15) is 33.7 Å². The molecule has 0 aliphatic carbocycles. The fourth-order valence-electron chi connectivity index (χ4n) is 2.54. The van der Waals surface area contributed by atoms with Crippen molar-refractivity contribution in [2.24, 2.45) is 5.10 Å². The number of hydroxylamine groups is 1. The zero-order valence-electron chi connectivity index (χ0n) is 14.7. The highest BCUT2D eigenvalue weighted by molar-refractivity contribution is 5.90. The summed E-state index contributed by atoms with van der Waals surface area (Å²) in [7, 11) is 1.88. The third-order valence-electron chi connectivity index (χ3n) is 3.76. The van der Waals surface area contributed by atoms with E-state index in [-0.39, 0.29) is 2.85 Å². The Labute approximate surface area is 151 Å². The molecule has 0 aromatic heterocycles. The van der Waals surface area contributed by atoms with Crippen molar-refractivity contribution in [1.82, 2.24) is 26.5 Å². The second-order valence-corrected chi connectivity index (χ2v) is 5.91. The van der Waals surface area contributed by atoms with Crippen molar-refractivity contribution in [3.63, 3.8) is 0 Å². The molecule has 1 aliphatic heterocycles. The minimum atomic E-state index is -0.540. The molecule has 1 amide bonds. The summed E-state index contributed by atoms with van der Waals surface area (Å²) >= 11 is 0. The van der Waals surface area contributed by atoms with Crippen molar-refractivity contribution >= 4 is 17.8 Å². The van der Waals surface area contributed by atoms with Crippen LogP contribution in [0.4, 0.5) is 0 Å². The summed E-state index contributed by atoms with van der Waals surface area (Å²) in [6.07, 6.45) is 4.90. The Bertz CT molecular complexity index is 624. The Morgan fingerprint density at radius 2 is 2.16 bits per heavy atom. The Hall–Kier alpha value is -2.42. The number of benzene rings is 1. The van der Waals surface area contributed by atoms with E-state index in [4.69, 9.17) is 5.21 Å². The van der Waals surface area contributed by atoms with Gasteiger partial charge in [0.15, 0.2) is 0 Å². The molecule has 0 saturated heterocycles. The Morgan fingerprint density at radius 1 is 1.40 bits per heavy atom. The van der Waals surface area contributed by atoms with Crippen LogP contribution in [0.25, 0.3) is 6.08 Å². The number of hydrazine groups is 2. The summed E-state index contributed by atoms with van der Waals surface area (Å²) in [4.78, 5) is 13.4. The van der Waals surface area contributed by atoms with Crippen LogP contribution in [0, 0.1) is 0 Å². The third-order valence-corrected chi connectivity index (χ3v) is 3.76. The Kier molecular flexibility index (Phi) is 7.39. The van der Waals surface area contributed by atoms with Crippen LogP contribution in [-0.2, 0) is 11.3 Å². The Morgan fingerprint density at radius 3 is 2.76 bits per heavy atom. The van der Waals surface area contributed by atoms with E-state index in [1.54, 1.807) is 16.7 Å². The van der Waals surface area contributed by atoms with Crippen molar-refractivity contribution in [1.29, 1.82) is 0 Å². The second kappa shape index (κ2) is 9.77. The summed E-state index contributed by atoms with van der Waals surface area (Å²) in [5.74, 6) is 0.396. The lowest BCUT2D eigenvalue weighted by atomic mass is 10.1. The van der Waals surface area contributed by atoms with Gasteiger partial charge in [-0.25, -0.2) is 11.0 Å². The fraction of sp³-hybridized carbons (Fsp3) is 0.412. The highest BCUT2D eigenvalue weighted by atomic mass is 16.5. The van der Waals surface area contributed by atoms with E-state index in [0.29, 0.717) is 0 Å². The maximum absolute atomic E-state index is 11.0. The van der Waals surface area contributed by atoms with Crippen LogP contribution in [0.3, 0.4) is 0 Å². The molecule has 0 saturated carbocycles. The van der Waals surface area contributed by atoms with Gasteiger partial charge in [-0.2, -0.15) is 0 Å². The topological polar surface area (TPSA) is 92.2 Å². The molecule has 4 N–H and O–H groups in total. The highest BCUT2D eigenvalue weighted by Gasteiger charge is 2.12. The predicted molar refractivity (Wildman–Crippen MR) is 101 cm³/mol. The van der Waals surface area contributed by atoms with Gasteiger partial charge in [-0.15, -0.1) is 10.2 Å². The average molecular weight is 350 g/mol. The first kappa shape index (κ1) is 18.9. The molecule has 1 aromatic carbocycles. The normalized spacial score (nSPS) is 14.5. The lowest BCUT2D eigenvalue weighted by Crippen LogP contribution is -2.38. The molecule has 0 radical (unpaired) electrons. The van der Waals surface area contributed by atoms with Gasteiger partial charge in [-0.05, 0) is 30.2 Å². The minimum Gasteiger partial charge on any atom is -0.299 e. The van der Waals surface area contributed by atoms with Crippen LogP contribution >= 0.6 is 0 Å². The molecule has 8 nitrogen and oxygen atoms in total. The quantitative estimate of drug-likeness (QED) is 0.307. The summed E-state index contributed by atoms with van der Waals surface area (Å²) in [5, 5.41) is 14.4. The molecule has 1 aliphatic rings. The molecule has 0 fully saturated rings. The van der Waals surface area contributed by atoms with E-state index in [2.05, 4.69) is 40.0 Å². The number of rotatable bonds is 9. The molecule has 2 rings (SSSR count). The summed E-state index contributed by atoms with van der Waals surface area (Å²) < 4.78 is 0. The maximum atomic E-state index is 11.0. The van der Waals surface area contributed by atoms with Crippen molar-refractivity contribution in [2.45, 2.75) is 26.3 Å². The number of amidine groups is 1. The number of hydrogen-bond acceptors (Lipinski definition) is 7. The van der Waals surface area contributed by atoms with E-state index in [1.165, 1.54) is 11.6 Å². The molecule has 1 heterocycles. The van der Waals surface area contributed by atoms with Crippen molar-refractivity contribution in [3.8, 4) is 0 Å². The predicted octanol–water partition coefficient (Wildman–Crippen LogP) is 1.57. The SMILES string of the molecule is CCCN(CCC1=NNN(C)N1)Cc1ccc(/C=C/C(=O)NO)cc1.[HH].[HH]. The first-order valence-corrected chi connectivity index (χ1v) is 8.36. The highest BCUT2D eigenvalue weighted by Crippen LogP contribution is 2.10. The summed E-state index contributed by atoms with van der Waals surface area (Å²) in [5.41, 5.74) is 9.68. The molecular weight excluding hydrogens is 320 g/mol. The van der Waals surface area contributed by atoms with Gasteiger partial charge in [-0.1, -0.05) is 31.2 Å². The largest absolute Gasteiger partial charge is 0.299 e. The maximum Gasteiger partial charge on any atom is 0.267 e. The van der Waals surface area contributed by atoms with E-state index in [1.807, 2.05) is 19.2 Å². The number of nitrogens with zero attached hydrogens (tertiary/aromatic N) is 3. The van der Waals surface area contributed by atoms with Crippen molar-refractivity contribution in [2.75, 3.05) is 20.1 Å². The van der Waals surface area contributed by atoms with Crippen molar-refractivity contribution < 1.29 is 12.9 Å². The van der Waals surface area contributed by atoms with E-state index in [0.717, 1.165) is 43.9 Å². The van der Waals surface area contributed by atoms with Crippen LogP contribution in [0.15, 0.2) is 35.4 Å². The lowest BCUT2D eigenvalue weighted by molar-refractivity contribution is -0.124. The Balaban J connectivity index is 0.00000338. The van der Waals surface area contributed by atoms with Crippen LogP contribution in [-0.4, -0.2) is 47.1 Å². The molecule has 25 heavy (non-hydrogen) atoms. The van der Waals surface area contributed by atoms with Gasteiger partial charge in [0.2, 0.25) is 0 Å². The monoisotopic (exact) mass is 350 g/mol. The van der Waals surface area contributed by atoms with Gasteiger partial charge in [0, 0.05) is 35.5 Å². The van der Waals surface area contributed by atoms with Gasteiger partial charge in [0.25, 0.3) is 5.91 Å². The first-order valence-electron chi connectivity index (χ1n) is 8.36. The molecule has 0 bridgehead atoms. The third kappa shape index (κ3) is 6.54. The number of nitrogens with one attached hydrogen (secondary N) is 3. The van der Waals surface area contributed by atoms with Gasteiger partial charge in [0.05, 0.1) is 0 Å². The molecular formula is C17H30N6O2. The number of hydrazone groups is 1. The smallest absolute Gasteiger partial charge is 0.267 e. The molecule has 0 spiro atoms. The van der Waals surface area contributed by atoms with E-state index in [9.17, 15) is 4.79 Å².